The second-order valence-corrected chi connectivity index (χ2v) is 9.32. The van der Waals surface area contributed by atoms with Gasteiger partial charge in [0.25, 0.3) is 10.0 Å². The summed E-state index contributed by atoms with van der Waals surface area (Å²) < 4.78 is 30.2. The van der Waals surface area contributed by atoms with Crippen LogP contribution in [0.1, 0.15) is 11.1 Å². The van der Waals surface area contributed by atoms with Crippen LogP contribution in [0.4, 0.5) is 5.69 Å². The SMILES string of the molecule is Cc1ccc(/C=C/S(=O)(=O)Nc2cc(Br)ccc2Sc2nncn2C)cc1. The van der Waals surface area contributed by atoms with E-state index in [9.17, 15) is 8.42 Å². The summed E-state index contributed by atoms with van der Waals surface area (Å²) in [5.41, 5.74) is 2.40. The molecule has 0 aliphatic carbocycles. The highest BCUT2D eigenvalue weighted by atomic mass is 79.9. The van der Waals surface area contributed by atoms with Crippen molar-refractivity contribution in [1.82, 2.24) is 14.8 Å². The molecule has 0 spiro atoms. The molecule has 0 amide bonds. The first-order valence-corrected chi connectivity index (χ1v) is 11.1. The van der Waals surface area contributed by atoms with E-state index in [1.165, 1.54) is 11.8 Å². The third kappa shape index (κ3) is 5.44. The first-order valence-electron chi connectivity index (χ1n) is 7.91. The number of halogens is 1. The lowest BCUT2D eigenvalue weighted by atomic mass is 10.2. The molecule has 0 fully saturated rings. The number of anilines is 1. The van der Waals surface area contributed by atoms with Crippen LogP contribution in [-0.4, -0.2) is 23.2 Å². The molecule has 0 saturated heterocycles. The molecule has 0 radical (unpaired) electrons. The molecule has 0 saturated carbocycles. The highest BCUT2D eigenvalue weighted by molar-refractivity contribution is 9.10. The van der Waals surface area contributed by atoms with Crippen molar-refractivity contribution in [3.63, 3.8) is 0 Å². The van der Waals surface area contributed by atoms with Crippen LogP contribution in [0, 0.1) is 6.92 Å². The van der Waals surface area contributed by atoms with Gasteiger partial charge in [0.1, 0.15) is 6.33 Å². The molecule has 1 aromatic heterocycles. The molecular weight excluding hydrogens is 448 g/mol. The highest BCUT2D eigenvalue weighted by Crippen LogP contribution is 2.34. The molecule has 3 rings (SSSR count). The lowest BCUT2D eigenvalue weighted by Crippen LogP contribution is -2.09. The lowest BCUT2D eigenvalue weighted by molar-refractivity contribution is 0.609. The standard InChI is InChI=1S/C18H17BrN4O2S2/c1-13-3-5-14(6-4-13)9-10-27(24,25)22-16-11-15(19)7-8-17(16)26-18-21-20-12-23(18)2/h3-12,22H,1-2H3/b10-9+. The number of aromatic nitrogens is 3. The van der Waals surface area contributed by atoms with Gasteiger partial charge in [0, 0.05) is 16.4 Å². The van der Waals surface area contributed by atoms with Crippen LogP contribution in [0.2, 0.25) is 0 Å². The monoisotopic (exact) mass is 464 g/mol. The quantitative estimate of drug-likeness (QED) is 0.582. The van der Waals surface area contributed by atoms with E-state index in [0.717, 1.165) is 25.9 Å². The van der Waals surface area contributed by atoms with Crippen molar-refractivity contribution < 1.29 is 8.42 Å². The number of benzene rings is 2. The largest absolute Gasteiger partial charge is 0.311 e. The first kappa shape index (κ1) is 19.7. The summed E-state index contributed by atoms with van der Waals surface area (Å²) >= 11 is 4.71. The van der Waals surface area contributed by atoms with E-state index in [1.54, 1.807) is 23.0 Å². The van der Waals surface area contributed by atoms with Crippen LogP contribution in [-0.2, 0) is 17.1 Å². The normalized spacial score (nSPS) is 11.8. The average Bonchev–Trinajstić information content (AvgIpc) is 3.01. The van der Waals surface area contributed by atoms with E-state index in [4.69, 9.17) is 0 Å². The van der Waals surface area contributed by atoms with Gasteiger partial charge in [-0.1, -0.05) is 45.8 Å². The molecular formula is C18H17BrN4O2S2. The molecule has 0 bridgehead atoms. The Balaban J connectivity index is 1.84. The Morgan fingerprint density at radius 1 is 1.19 bits per heavy atom. The second kappa shape index (κ2) is 8.28. The minimum Gasteiger partial charge on any atom is -0.311 e. The number of sulfonamides is 1. The average molecular weight is 465 g/mol. The Labute approximate surface area is 170 Å². The van der Waals surface area contributed by atoms with Crippen molar-refractivity contribution in [2.75, 3.05) is 4.72 Å². The predicted molar refractivity (Wildman–Crippen MR) is 112 cm³/mol. The van der Waals surface area contributed by atoms with Crippen LogP contribution in [0.15, 0.2) is 68.7 Å². The molecule has 27 heavy (non-hydrogen) atoms. The van der Waals surface area contributed by atoms with Crippen molar-refractivity contribution in [3.05, 3.63) is 69.8 Å². The molecule has 1 heterocycles. The van der Waals surface area contributed by atoms with Crippen molar-refractivity contribution in [1.29, 1.82) is 0 Å². The molecule has 9 heteroatoms. The van der Waals surface area contributed by atoms with Gasteiger partial charge >= 0.3 is 0 Å². The maximum Gasteiger partial charge on any atom is 0.255 e. The Morgan fingerprint density at radius 3 is 2.59 bits per heavy atom. The number of rotatable bonds is 6. The van der Waals surface area contributed by atoms with Crippen LogP contribution in [0.5, 0.6) is 0 Å². The van der Waals surface area contributed by atoms with E-state index in [1.807, 2.05) is 50.4 Å². The Hall–Kier alpha value is -2.10. The van der Waals surface area contributed by atoms with Crippen LogP contribution < -0.4 is 4.72 Å². The number of hydrogen-bond donors (Lipinski definition) is 1. The summed E-state index contributed by atoms with van der Waals surface area (Å²) in [6, 6.07) is 13.0. The number of aryl methyl sites for hydroxylation is 2. The Bertz CT molecular complexity index is 1080. The zero-order chi connectivity index (χ0) is 19.4. The molecule has 0 aliphatic heterocycles. The lowest BCUT2D eigenvalue weighted by Gasteiger charge is -2.11. The molecule has 3 aromatic rings. The van der Waals surface area contributed by atoms with Gasteiger partial charge in [-0.05, 0) is 48.5 Å². The maximum absolute atomic E-state index is 12.5. The molecule has 140 valence electrons. The van der Waals surface area contributed by atoms with Crippen LogP contribution >= 0.6 is 27.7 Å². The zero-order valence-corrected chi connectivity index (χ0v) is 17.8. The summed E-state index contributed by atoms with van der Waals surface area (Å²) in [7, 11) is -1.85. The minimum absolute atomic E-state index is 0.464. The van der Waals surface area contributed by atoms with Gasteiger partial charge < -0.3 is 4.57 Å². The van der Waals surface area contributed by atoms with Crippen molar-refractivity contribution in [2.45, 2.75) is 17.0 Å². The fourth-order valence-corrected chi connectivity index (χ4v) is 4.30. The number of nitrogens with one attached hydrogen (secondary N) is 1. The zero-order valence-electron chi connectivity index (χ0n) is 14.6. The van der Waals surface area contributed by atoms with Crippen LogP contribution in [0.3, 0.4) is 0 Å². The Morgan fingerprint density at radius 2 is 1.93 bits per heavy atom. The molecule has 0 aliphatic rings. The summed E-state index contributed by atoms with van der Waals surface area (Å²) in [6.45, 7) is 1.98. The highest BCUT2D eigenvalue weighted by Gasteiger charge is 2.13. The fourth-order valence-electron chi connectivity index (χ4n) is 2.17. The topological polar surface area (TPSA) is 76.9 Å². The van der Waals surface area contributed by atoms with Gasteiger partial charge in [-0.2, -0.15) is 0 Å². The third-order valence-electron chi connectivity index (χ3n) is 3.58. The summed E-state index contributed by atoms with van der Waals surface area (Å²) in [6.07, 6.45) is 3.16. The van der Waals surface area contributed by atoms with E-state index in [-0.39, 0.29) is 0 Å². The van der Waals surface area contributed by atoms with Gasteiger partial charge in [0.05, 0.1) is 11.1 Å². The smallest absolute Gasteiger partial charge is 0.255 e. The van der Waals surface area contributed by atoms with Gasteiger partial charge in [-0.25, -0.2) is 8.42 Å². The molecule has 2 aromatic carbocycles. The molecule has 0 unspecified atom stereocenters. The van der Waals surface area contributed by atoms with Crippen LogP contribution in [0.25, 0.3) is 6.08 Å². The Kier molecular flexibility index (Phi) is 6.03. The van der Waals surface area contributed by atoms with Crippen molar-refractivity contribution in [2.24, 2.45) is 7.05 Å². The van der Waals surface area contributed by atoms with E-state index >= 15 is 0 Å². The van der Waals surface area contributed by atoms with Gasteiger partial charge in [-0.15, -0.1) is 10.2 Å². The predicted octanol–water partition coefficient (Wildman–Crippen LogP) is 4.45. The molecule has 6 nitrogen and oxygen atoms in total. The van der Waals surface area contributed by atoms with Gasteiger partial charge in [0.15, 0.2) is 5.16 Å². The van der Waals surface area contributed by atoms with Crippen molar-refractivity contribution in [3.8, 4) is 0 Å². The van der Waals surface area contributed by atoms with Crippen molar-refractivity contribution >= 4 is 49.5 Å². The van der Waals surface area contributed by atoms with Gasteiger partial charge in [0.2, 0.25) is 0 Å². The van der Waals surface area contributed by atoms with E-state index in [2.05, 4.69) is 30.8 Å². The van der Waals surface area contributed by atoms with Gasteiger partial charge in [-0.3, -0.25) is 4.72 Å². The third-order valence-corrected chi connectivity index (χ3v) is 6.20. The number of nitrogens with zero attached hydrogens (tertiary/aromatic N) is 3. The summed E-state index contributed by atoms with van der Waals surface area (Å²) in [5, 5.41) is 9.69. The summed E-state index contributed by atoms with van der Waals surface area (Å²) in [5.74, 6) is 0. The summed E-state index contributed by atoms with van der Waals surface area (Å²) in [4.78, 5) is 0.724. The minimum atomic E-state index is -3.68. The first-order chi connectivity index (χ1) is 12.8. The fraction of sp³-hybridized carbons (Fsp3) is 0.111. The van der Waals surface area contributed by atoms with E-state index < -0.39 is 10.0 Å². The maximum atomic E-state index is 12.5. The molecule has 1 N–H and O–H groups in total. The van der Waals surface area contributed by atoms with E-state index in [0.29, 0.717) is 10.8 Å². The second-order valence-electron chi connectivity index (χ2n) is 5.83. The molecule has 0 atom stereocenters. The number of hydrogen-bond acceptors (Lipinski definition) is 5.